The van der Waals surface area contributed by atoms with Crippen molar-refractivity contribution in [1.82, 2.24) is 9.78 Å². The number of rotatable bonds is 8. The first kappa shape index (κ1) is 15.6. The molecule has 0 saturated heterocycles. The van der Waals surface area contributed by atoms with Crippen molar-refractivity contribution >= 4 is 11.6 Å². The fourth-order valence-corrected chi connectivity index (χ4v) is 2.78. The van der Waals surface area contributed by atoms with Gasteiger partial charge in [0.05, 0.1) is 11.1 Å². The number of hydrogen-bond donors (Lipinski definition) is 0. The van der Waals surface area contributed by atoms with Crippen LogP contribution in [0.15, 0.2) is 0 Å². The van der Waals surface area contributed by atoms with Crippen molar-refractivity contribution in [3.8, 4) is 0 Å². The van der Waals surface area contributed by atoms with E-state index in [9.17, 15) is 0 Å². The van der Waals surface area contributed by atoms with Crippen molar-refractivity contribution in [1.29, 1.82) is 0 Å². The smallest absolute Gasteiger partial charge is 0.0671 e. The van der Waals surface area contributed by atoms with E-state index in [-0.39, 0.29) is 5.38 Å². The Balaban J connectivity index is 2.83. The van der Waals surface area contributed by atoms with Crippen LogP contribution in [0.5, 0.6) is 0 Å². The number of halogens is 1. The van der Waals surface area contributed by atoms with Crippen molar-refractivity contribution in [3.05, 3.63) is 17.0 Å². The highest BCUT2D eigenvalue weighted by Gasteiger charge is 2.18. The Kier molecular flexibility index (Phi) is 6.77. The fraction of sp³-hybridized carbons (Fsp3) is 0.800. The van der Waals surface area contributed by atoms with Gasteiger partial charge in [-0.25, -0.2) is 0 Å². The molecule has 0 bridgehead atoms. The number of aryl methyl sites for hydroxylation is 2. The van der Waals surface area contributed by atoms with E-state index in [1.54, 1.807) is 0 Å². The van der Waals surface area contributed by atoms with Gasteiger partial charge in [-0.15, -0.1) is 11.6 Å². The average Bonchev–Trinajstić information content (AvgIpc) is 2.72. The Hall–Kier alpha value is -0.500. The van der Waals surface area contributed by atoms with E-state index in [2.05, 4.69) is 32.4 Å². The van der Waals surface area contributed by atoms with Gasteiger partial charge in [-0.1, -0.05) is 40.0 Å². The second kappa shape index (κ2) is 7.83. The Bertz CT molecular complexity index is 356. The number of nitrogens with zero attached hydrogens (tertiary/aromatic N) is 2. The highest BCUT2D eigenvalue weighted by Crippen LogP contribution is 2.28. The molecule has 0 fully saturated rings. The van der Waals surface area contributed by atoms with E-state index in [0.29, 0.717) is 0 Å². The van der Waals surface area contributed by atoms with Crippen LogP contribution in [0.1, 0.15) is 75.7 Å². The summed E-state index contributed by atoms with van der Waals surface area (Å²) in [4.78, 5) is 0. The summed E-state index contributed by atoms with van der Waals surface area (Å²) in [5.74, 6) is 0. The third kappa shape index (κ3) is 3.74. The minimum absolute atomic E-state index is 0.0688. The SMILES string of the molecule is CCCCCCn1nc(CC)c(C(C)Cl)c1CC. The molecule has 1 heterocycles. The fourth-order valence-electron chi connectivity index (χ4n) is 2.53. The molecular weight excluding hydrogens is 244 g/mol. The molecule has 18 heavy (non-hydrogen) atoms. The molecule has 1 atom stereocenters. The van der Waals surface area contributed by atoms with E-state index < -0.39 is 0 Å². The lowest BCUT2D eigenvalue weighted by molar-refractivity contribution is 0.522. The molecule has 1 rings (SSSR count). The monoisotopic (exact) mass is 270 g/mol. The molecule has 2 nitrogen and oxygen atoms in total. The molecule has 3 heteroatoms. The van der Waals surface area contributed by atoms with Gasteiger partial charge in [0.15, 0.2) is 0 Å². The summed E-state index contributed by atoms with van der Waals surface area (Å²) in [5, 5.41) is 4.82. The van der Waals surface area contributed by atoms with Gasteiger partial charge < -0.3 is 0 Å². The molecule has 1 aromatic heterocycles. The Morgan fingerprint density at radius 3 is 2.33 bits per heavy atom. The maximum absolute atomic E-state index is 6.31. The van der Waals surface area contributed by atoms with Crippen LogP contribution in [-0.4, -0.2) is 9.78 Å². The summed E-state index contributed by atoms with van der Waals surface area (Å²) in [5.41, 5.74) is 3.80. The molecule has 0 aliphatic rings. The number of hydrogen-bond acceptors (Lipinski definition) is 1. The summed E-state index contributed by atoms with van der Waals surface area (Å²) in [6, 6.07) is 0. The summed E-state index contributed by atoms with van der Waals surface area (Å²) in [6.45, 7) is 9.69. The van der Waals surface area contributed by atoms with Gasteiger partial charge in [0, 0.05) is 17.8 Å². The zero-order valence-corrected chi connectivity index (χ0v) is 13.1. The zero-order chi connectivity index (χ0) is 13.5. The molecular formula is C15H27ClN2. The van der Waals surface area contributed by atoms with Crippen molar-refractivity contribution < 1.29 is 0 Å². The van der Waals surface area contributed by atoms with Crippen molar-refractivity contribution in [2.45, 2.75) is 78.1 Å². The molecule has 1 aromatic rings. The minimum Gasteiger partial charge on any atom is -0.269 e. The topological polar surface area (TPSA) is 17.8 Å². The van der Waals surface area contributed by atoms with Crippen LogP contribution in [0.2, 0.25) is 0 Å². The third-order valence-corrected chi connectivity index (χ3v) is 3.68. The van der Waals surface area contributed by atoms with Gasteiger partial charge in [0.25, 0.3) is 0 Å². The van der Waals surface area contributed by atoms with E-state index in [1.807, 2.05) is 0 Å². The van der Waals surface area contributed by atoms with E-state index in [1.165, 1.54) is 42.6 Å². The maximum atomic E-state index is 6.31. The van der Waals surface area contributed by atoms with E-state index >= 15 is 0 Å². The summed E-state index contributed by atoms with van der Waals surface area (Å²) in [7, 11) is 0. The number of unbranched alkanes of at least 4 members (excludes halogenated alkanes) is 3. The first-order chi connectivity index (χ1) is 8.65. The van der Waals surface area contributed by atoms with E-state index in [4.69, 9.17) is 16.7 Å². The first-order valence-corrected chi connectivity index (χ1v) is 7.81. The van der Waals surface area contributed by atoms with Crippen LogP contribution in [-0.2, 0) is 19.4 Å². The van der Waals surface area contributed by atoms with Crippen LogP contribution < -0.4 is 0 Å². The minimum atomic E-state index is 0.0688. The second-order valence-electron chi connectivity index (χ2n) is 4.91. The standard InChI is InChI=1S/C15H27ClN2/c1-5-8-9-10-11-18-14(7-3)15(12(4)16)13(6-2)17-18/h12H,5-11H2,1-4H3. The summed E-state index contributed by atoms with van der Waals surface area (Å²) < 4.78 is 2.20. The lowest BCUT2D eigenvalue weighted by Gasteiger charge is -2.09. The molecule has 0 aromatic carbocycles. The van der Waals surface area contributed by atoms with Gasteiger partial charge in [-0.3, -0.25) is 4.68 Å². The molecule has 0 N–H and O–H groups in total. The molecule has 0 aliphatic carbocycles. The van der Waals surface area contributed by atoms with Crippen LogP contribution in [0.4, 0.5) is 0 Å². The summed E-state index contributed by atoms with van der Waals surface area (Å²) in [6.07, 6.45) is 7.12. The Morgan fingerprint density at radius 2 is 1.83 bits per heavy atom. The molecule has 0 radical (unpaired) electrons. The molecule has 0 amide bonds. The number of aromatic nitrogens is 2. The van der Waals surface area contributed by atoms with Crippen LogP contribution >= 0.6 is 11.6 Å². The second-order valence-corrected chi connectivity index (χ2v) is 5.57. The first-order valence-electron chi connectivity index (χ1n) is 7.38. The predicted octanol–water partition coefficient (Wildman–Crippen LogP) is 4.89. The van der Waals surface area contributed by atoms with Crippen molar-refractivity contribution in [2.75, 3.05) is 0 Å². The lowest BCUT2D eigenvalue weighted by Crippen LogP contribution is -2.05. The van der Waals surface area contributed by atoms with Crippen LogP contribution in [0, 0.1) is 0 Å². The number of alkyl halides is 1. The average molecular weight is 271 g/mol. The maximum Gasteiger partial charge on any atom is 0.0671 e. The van der Waals surface area contributed by atoms with Gasteiger partial charge in [-0.2, -0.15) is 5.10 Å². The van der Waals surface area contributed by atoms with Gasteiger partial charge in [0.2, 0.25) is 0 Å². The quantitative estimate of drug-likeness (QED) is 0.486. The summed E-state index contributed by atoms with van der Waals surface area (Å²) >= 11 is 6.31. The highest BCUT2D eigenvalue weighted by atomic mass is 35.5. The lowest BCUT2D eigenvalue weighted by atomic mass is 10.1. The Labute approximate surface area is 117 Å². The largest absolute Gasteiger partial charge is 0.269 e. The molecule has 104 valence electrons. The van der Waals surface area contributed by atoms with Gasteiger partial charge >= 0.3 is 0 Å². The Morgan fingerprint density at radius 1 is 1.11 bits per heavy atom. The molecule has 0 saturated carbocycles. The van der Waals surface area contributed by atoms with Crippen LogP contribution in [0.25, 0.3) is 0 Å². The van der Waals surface area contributed by atoms with Crippen LogP contribution in [0.3, 0.4) is 0 Å². The normalized spacial score (nSPS) is 12.9. The highest BCUT2D eigenvalue weighted by molar-refractivity contribution is 6.20. The molecule has 0 aliphatic heterocycles. The van der Waals surface area contributed by atoms with Gasteiger partial charge in [-0.05, 0) is 26.2 Å². The molecule has 1 unspecified atom stereocenters. The van der Waals surface area contributed by atoms with Gasteiger partial charge in [0.1, 0.15) is 0 Å². The predicted molar refractivity (Wildman–Crippen MR) is 79.4 cm³/mol. The molecule has 0 spiro atoms. The zero-order valence-electron chi connectivity index (χ0n) is 12.3. The van der Waals surface area contributed by atoms with Crippen molar-refractivity contribution in [3.63, 3.8) is 0 Å². The van der Waals surface area contributed by atoms with Crippen molar-refractivity contribution in [2.24, 2.45) is 0 Å². The van der Waals surface area contributed by atoms with E-state index in [0.717, 1.165) is 19.4 Å². The third-order valence-electron chi connectivity index (χ3n) is 3.47.